The van der Waals surface area contributed by atoms with Gasteiger partial charge < -0.3 is 20.1 Å². The summed E-state index contributed by atoms with van der Waals surface area (Å²) in [5, 5.41) is 12.5. The fraction of sp³-hybridized carbons (Fsp3) is 0.353. The summed E-state index contributed by atoms with van der Waals surface area (Å²) in [4.78, 5) is 31.4. The molecule has 48 heavy (non-hydrogen) atoms. The molecule has 0 saturated carbocycles. The van der Waals surface area contributed by atoms with E-state index in [1.165, 1.54) is 18.3 Å². The summed E-state index contributed by atoms with van der Waals surface area (Å²) in [5.41, 5.74) is 1.10. The molecule has 3 N–H and O–H groups in total. The molecule has 0 aliphatic carbocycles. The van der Waals surface area contributed by atoms with Crippen molar-refractivity contribution in [2.24, 2.45) is 0 Å². The Morgan fingerprint density at radius 3 is 2.56 bits per heavy atom. The normalized spacial score (nSPS) is 15.4. The number of alkyl halides is 3. The molecule has 2 aromatic heterocycles. The monoisotopic (exact) mass is 663 g/mol. The van der Waals surface area contributed by atoms with E-state index in [2.05, 4.69) is 25.8 Å². The second-order valence-corrected chi connectivity index (χ2v) is 12.7. The smallest absolute Gasteiger partial charge is 0.418 e. The Morgan fingerprint density at radius 2 is 1.81 bits per heavy atom. The molecule has 4 heterocycles. The van der Waals surface area contributed by atoms with Crippen molar-refractivity contribution in [2.75, 3.05) is 42.3 Å². The van der Waals surface area contributed by atoms with Crippen LogP contribution in [0.3, 0.4) is 0 Å². The Morgan fingerprint density at radius 1 is 1.02 bits per heavy atom. The lowest BCUT2D eigenvalue weighted by atomic mass is 9.92. The molecule has 1 saturated heterocycles. The van der Waals surface area contributed by atoms with E-state index >= 15 is 0 Å². The lowest BCUT2D eigenvalue weighted by Crippen LogP contribution is -2.35. The minimum atomic E-state index is -4.81. The zero-order valence-electron chi connectivity index (χ0n) is 26.8. The maximum Gasteiger partial charge on any atom is 0.418 e. The van der Waals surface area contributed by atoms with E-state index in [1.54, 1.807) is 10.7 Å². The maximum absolute atomic E-state index is 14.3. The predicted molar refractivity (Wildman–Crippen MR) is 174 cm³/mol. The van der Waals surface area contributed by atoms with Crippen molar-refractivity contribution in [2.45, 2.75) is 51.7 Å². The number of nitrogens with zero attached hydrogens (tertiary/aromatic N) is 4. The van der Waals surface area contributed by atoms with Crippen molar-refractivity contribution in [3.8, 4) is 17.2 Å². The number of nitrogens with one attached hydrogen (secondary N) is 3. The molecule has 0 unspecified atom stereocenters. The minimum absolute atomic E-state index is 0.0940. The minimum Gasteiger partial charge on any atom is -0.457 e. The third-order valence-corrected chi connectivity index (χ3v) is 8.03. The van der Waals surface area contributed by atoms with Crippen molar-refractivity contribution in [3.63, 3.8) is 0 Å². The van der Waals surface area contributed by atoms with E-state index in [1.807, 2.05) is 45.0 Å². The van der Waals surface area contributed by atoms with Crippen LogP contribution in [0.2, 0.25) is 0 Å². The molecule has 6 rings (SSSR count). The summed E-state index contributed by atoms with van der Waals surface area (Å²) in [6.07, 6.45) is -2.87. The van der Waals surface area contributed by atoms with Crippen LogP contribution in [0.4, 0.5) is 35.3 Å². The number of halogens is 3. The van der Waals surface area contributed by atoms with E-state index in [4.69, 9.17) is 14.6 Å². The highest BCUT2D eigenvalue weighted by Gasteiger charge is 2.35. The van der Waals surface area contributed by atoms with E-state index in [-0.39, 0.29) is 29.2 Å². The van der Waals surface area contributed by atoms with Crippen LogP contribution in [0.5, 0.6) is 11.5 Å². The number of amides is 3. The third-order valence-electron chi connectivity index (χ3n) is 8.03. The molecule has 0 spiro atoms. The molecule has 252 valence electrons. The van der Waals surface area contributed by atoms with Gasteiger partial charge in [0.2, 0.25) is 5.91 Å². The Labute approximate surface area is 275 Å². The van der Waals surface area contributed by atoms with Gasteiger partial charge in [0.05, 0.1) is 35.8 Å². The number of benzene rings is 2. The van der Waals surface area contributed by atoms with Gasteiger partial charge in [-0.05, 0) is 48.4 Å². The molecule has 2 aliphatic heterocycles. The van der Waals surface area contributed by atoms with Crippen LogP contribution in [0, 0.1) is 0 Å². The largest absolute Gasteiger partial charge is 0.457 e. The van der Waals surface area contributed by atoms with Gasteiger partial charge in [-0.1, -0.05) is 32.9 Å². The second-order valence-electron chi connectivity index (χ2n) is 12.7. The number of pyridine rings is 1. The molecule has 11 nitrogen and oxygen atoms in total. The SMILES string of the molecule is CC(C)(C)c1cc(NC(=O)Nc2ccc(Oc3ccnc4c3CCC(=O)N4)cc2C(F)(F)F)n(-c2cccc(CN3CCOCC3)c2)n1. The van der Waals surface area contributed by atoms with Gasteiger partial charge in [-0.3, -0.25) is 15.0 Å². The molecular weight excluding hydrogens is 627 g/mol. The van der Waals surface area contributed by atoms with Crippen LogP contribution in [0.25, 0.3) is 5.69 Å². The number of ether oxygens (including phenoxy) is 2. The van der Waals surface area contributed by atoms with Crippen LogP contribution in [0.15, 0.2) is 60.8 Å². The van der Waals surface area contributed by atoms with Gasteiger partial charge in [0.25, 0.3) is 0 Å². The standard InChI is InChI=1S/C34H36F3N7O4/c1-33(2,3)28-19-29(44(42-28)22-6-4-5-21(17-22)20-43-13-15-47-16-14-43)40-32(46)39-26-9-7-23(18-25(26)34(35,36)37)48-27-11-12-38-31-24(27)8-10-30(45)41-31/h4-7,9,11-12,17-19H,8,10,13-16,20H2,1-3H3,(H,38,41,45)(H2,39,40,46). The first-order valence-corrected chi connectivity index (χ1v) is 15.6. The summed E-state index contributed by atoms with van der Waals surface area (Å²) < 4.78 is 55.7. The second kappa shape index (κ2) is 13.3. The van der Waals surface area contributed by atoms with E-state index in [0.29, 0.717) is 54.8 Å². The maximum atomic E-state index is 14.3. The summed E-state index contributed by atoms with van der Waals surface area (Å²) in [6.45, 7) is 9.66. The number of hydrogen-bond donors (Lipinski definition) is 3. The molecule has 14 heteroatoms. The van der Waals surface area contributed by atoms with Crippen LogP contribution >= 0.6 is 0 Å². The van der Waals surface area contributed by atoms with Crippen molar-refractivity contribution < 1.29 is 32.2 Å². The molecule has 3 amide bonds. The average Bonchev–Trinajstić information content (AvgIpc) is 3.46. The zero-order valence-corrected chi connectivity index (χ0v) is 26.8. The Hall–Kier alpha value is -4.95. The van der Waals surface area contributed by atoms with Gasteiger partial charge in [-0.25, -0.2) is 14.5 Å². The van der Waals surface area contributed by atoms with Crippen LogP contribution in [0.1, 0.15) is 49.6 Å². The van der Waals surface area contributed by atoms with E-state index in [0.717, 1.165) is 30.8 Å². The molecule has 0 bridgehead atoms. The van der Waals surface area contributed by atoms with Crippen LogP contribution < -0.4 is 20.7 Å². The fourth-order valence-corrected chi connectivity index (χ4v) is 5.52. The number of carbonyl (C=O) groups excluding carboxylic acids is 2. The molecule has 1 fully saturated rings. The Kier molecular flexibility index (Phi) is 9.12. The number of morpholine rings is 1. The van der Waals surface area contributed by atoms with Crippen molar-refractivity contribution in [1.29, 1.82) is 0 Å². The number of aromatic nitrogens is 3. The van der Waals surface area contributed by atoms with Gasteiger partial charge in [0.1, 0.15) is 23.1 Å². The third kappa shape index (κ3) is 7.60. The van der Waals surface area contributed by atoms with E-state index in [9.17, 15) is 22.8 Å². The number of carbonyl (C=O) groups is 2. The van der Waals surface area contributed by atoms with Crippen molar-refractivity contribution in [1.82, 2.24) is 19.7 Å². The molecule has 0 radical (unpaired) electrons. The molecule has 2 aromatic carbocycles. The van der Waals surface area contributed by atoms with Crippen molar-refractivity contribution in [3.05, 3.63) is 83.2 Å². The van der Waals surface area contributed by atoms with Crippen molar-refractivity contribution >= 4 is 29.3 Å². The zero-order chi connectivity index (χ0) is 34.1. The average molecular weight is 664 g/mol. The highest BCUT2D eigenvalue weighted by molar-refractivity contribution is 6.00. The number of rotatable bonds is 7. The quantitative estimate of drug-likeness (QED) is 0.200. The Bertz CT molecular complexity index is 1830. The molecular formula is C34H36F3N7O4. The Balaban J connectivity index is 1.24. The lowest BCUT2D eigenvalue weighted by molar-refractivity contribution is -0.137. The summed E-state index contributed by atoms with van der Waals surface area (Å²) in [7, 11) is 0. The highest BCUT2D eigenvalue weighted by atomic mass is 19.4. The van der Waals surface area contributed by atoms with Gasteiger partial charge in [-0.15, -0.1) is 0 Å². The number of hydrogen-bond acceptors (Lipinski definition) is 7. The summed E-state index contributed by atoms with van der Waals surface area (Å²) in [5.74, 6) is 0.596. The predicted octanol–water partition coefficient (Wildman–Crippen LogP) is 6.74. The van der Waals surface area contributed by atoms with Gasteiger partial charge in [-0.2, -0.15) is 18.3 Å². The van der Waals surface area contributed by atoms with Gasteiger partial charge in [0.15, 0.2) is 0 Å². The molecule has 2 aliphatic rings. The first kappa shape index (κ1) is 33.0. The molecule has 0 atom stereocenters. The summed E-state index contributed by atoms with van der Waals surface area (Å²) >= 11 is 0. The summed E-state index contributed by atoms with van der Waals surface area (Å²) in [6, 6.07) is 13.4. The number of anilines is 3. The number of fused-ring (bicyclic) bond motifs is 1. The first-order valence-electron chi connectivity index (χ1n) is 15.6. The van der Waals surface area contributed by atoms with Gasteiger partial charge >= 0.3 is 12.2 Å². The van der Waals surface area contributed by atoms with E-state index < -0.39 is 23.5 Å². The number of urea groups is 1. The first-order chi connectivity index (χ1) is 22.8. The highest BCUT2D eigenvalue weighted by Crippen LogP contribution is 2.40. The lowest BCUT2D eigenvalue weighted by Gasteiger charge is -2.26. The topological polar surface area (TPSA) is 123 Å². The molecule has 4 aromatic rings. The van der Waals surface area contributed by atoms with Crippen LogP contribution in [-0.2, 0) is 34.1 Å². The van der Waals surface area contributed by atoms with Gasteiger partial charge in [0, 0.05) is 49.3 Å². The van der Waals surface area contributed by atoms with Crippen LogP contribution in [-0.4, -0.2) is 57.9 Å². The fourth-order valence-electron chi connectivity index (χ4n) is 5.52.